The molecule has 4 nitrogen and oxygen atoms in total. The number of nitrogen functional groups attached to an aromatic ring is 1. The van der Waals surface area contributed by atoms with E-state index in [1.165, 1.54) is 0 Å². The van der Waals surface area contributed by atoms with Crippen LogP contribution in [0.25, 0.3) is 0 Å². The largest absolute Gasteiger partial charge is 0.464 e. The molecule has 100 valence electrons. The molecule has 1 aromatic rings. The van der Waals surface area contributed by atoms with Gasteiger partial charge < -0.3 is 10.5 Å². The first-order valence-corrected chi connectivity index (χ1v) is 4.42. The minimum atomic E-state index is -5.04. The Balaban J connectivity index is 3.52. The van der Waals surface area contributed by atoms with Crippen LogP contribution in [0.4, 0.5) is 27.6 Å². The summed E-state index contributed by atoms with van der Waals surface area (Å²) in [7, 11) is 0.885. The summed E-state index contributed by atoms with van der Waals surface area (Å²) in [6.07, 6.45) is -8.31. The summed E-state index contributed by atoms with van der Waals surface area (Å²) >= 11 is 0. The summed E-state index contributed by atoms with van der Waals surface area (Å²) in [5.41, 5.74) is 0.0338. The van der Waals surface area contributed by atoms with Gasteiger partial charge in [0.2, 0.25) is 0 Å². The Morgan fingerprint density at radius 3 is 2.39 bits per heavy atom. The third kappa shape index (κ3) is 2.66. The van der Waals surface area contributed by atoms with E-state index >= 15 is 0 Å². The molecule has 0 aliphatic heterocycles. The second kappa shape index (κ2) is 4.75. The molecule has 0 atom stereocenters. The average Bonchev–Trinajstić information content (AvgIpc) is 2.26. The van der Waals surface area contributed by atoms with Gasteiger partial charge in [0.25, 0.3) is 6.43 Å². The lowest BCUT2D eigenvalue weighted by Crippen LogP contribution is -2.17. The van der Waals surface area contributed by atoms with Gasteiger partial charge >= 0.3 is 12.1 Å². The van der Waals surface area contributed by atoms with Gasteiger partial charge in [-0.15, -0.1) is 0 Å². The smallest absolute Gasteiger partial charge is 0.435 e. The number of ether oxygens (including phenoxy) is 1. The Morgan fingerprint density at radius 1 is 1.44 bits per heavy atom. The van der Waals surface area contributed by atoms with Crippen molar-refractivity contribution in [2.24, 2.45) is 0 Å². The third-order valence-corrected chi connectivity index (χ3v) is 1.99. The summed E-state index contributed by atoms with van der Waals surface area (Å²) in [6, 6.07) is 0.473. The van der Waals surface area contributed by atoms with Crippen LogP contribution in [0.15, 0.2) is 6.07 Å². The summed E-state index contributed by atoms with van der Waals surface area (Å²) in [5, 5.41) is 0. The number of nitrogens with zero attached hydrogens (tertiary/aromatic N) is 1. The van der Waals surface area contributed by atoms with Gasteiger partial charge in [0.1, 0.15) is 5.69 Å². The molecule has 0 aromatic carbocycles. The number of anilines is 1. The number of pyridine rings is 1. The van der Waals surface area contributed by atoms with Crippen molar-refractivity contribution in [3.8, 4) is 0 Å². The lowest BCUT2D eigenvalue weighted by atomic mass is 10.1. The van der Waals surface area contributed by atoms with E-state index in [0.29, 0.717) is 6.07 Å². The van der Waals surface area contributed by atoms with E-state index in [2.05, 4.69) is 9.72 Å². The van der Waals surface area contributed by atoms with Gasteiger partial charge in [0, 0.05) is 5.56 Å². The van der Waals surface area contributed by atoms with Crippen LogP contribution in [0.2, 0.25) is 0 Å². The Labute approximate surface area is 97.6 Å². The molecule has 0 saturated carbocycles. The van der Waals surface area contributed by atoms with Crippen molar-refractivity contribution in [3.63, 3.8) is 0 Å². The standard InChI is InChI=1S/C9H7F5N2O2/c1-18-8(17)4-2-3(7(10)11)5(15)6(16-4)9(12,13)14/h2,7H,15H2,1H3. The fraction of sp³-hybridized carbons (Fsp3) is 0.333. The second-order valence-corrected chi connectivity index (χ2v) is 3.15. The van der Waals surface area contributed by atoms with Crippen molar-refractivity contribution in [1.82, 2.24) is 4.98 Å². The van der Waals surface area contributed by atoms with E-state index in [4.69, 9.17) is 5.73 Å². The number of halogens is 5. The lowest BCUT2D eigenvalue weighted by Gasteiger charge is -2.13. The highest BCUT2D eigenvalue weighted by atomic mass is 19.4. The minimum absolute atomic E-state index is 0.473. The van der Waals surface area contributed by atoms with Gasteiger partial charge in [-0.1, -0.05) is 0 Å². The number of hydrogen-bond acceptors (Lipinski definition) is 4. The monoisotopic (exact) mass is 270 g/mol. The fourth-order valence-electron chi connectivity index (χ4n) is 1.18. The SMILES string of the molecule is COC(=O)c1cc(C(F)F)c(N)c(C(F)(F)F)n1. The summed E-state index contributed by atoms with van der Waals surface area (Å²) < 4.78 is 66.7. The third-order valence-electron chi connectivity index (χ3n) is 1.99. The van der Waals surface area contributed by atoms with E-state index < -0.39 is 41.2 Å². The molecule has 0 radical (unpaired) electrons. The predicted molar refractivity (Wildman–Crippen MR) is 49.9 cm³/mol. The van der Waals surface area contributed by atoms with Gasteiger partial charge in [0.05, 0.1) is 12.8 Å². The highest BCUT2D eigenvalue weighted by Crippen LogP contribution is 2.37. The zero-order chi connectivity index (χ0) is 14.1. The molecule has 18 heavy (non-hydrogen) atoms. The van der Waals surface area contributed by atoms with Crippen molar-refractivity contribution in [1.29, 1.82) is 0 Å². The lowest BCUT2D eigenvalue weighted by molar-refractivity contribution is -0.140. The van der Waals surface area contributed by atoms with E-state index in [1.54, 1.807) is 0 Å². The van der Waals surface area contributed by atoms with Crippen molar-refractivity contribution in [2.75, 3.05) is 12.8 Å². The zero-order valence-electron chi connectivity index (χ0n) is 8.89. The van der Waals surface area contributed by atoms with Crippen LogP contribution in [0, 0.1) is 0 Å². The number of carbonyl (C=O) groups excluding carboxylic acids is 1. The van der Waals surface area contributed by atoms with E-state index in [0.717, 1.165) is 7.11 Å². The normalized spacial score (nSPS) is 11.7. The van der Waals surface area contributed by atoms with Crippen molar-refractivity contribution in [2.45, 2.75) is 12.6 Å². The number of nitrogens with two attached hydrogens (primary N) is 1. The zero-order valence-corrected chi connectivity index (χ0v) is 8.89. The van der Waals surface area contributed by atoms with Gasteiger partial charge in [-0.3, -0.25) is 0 Å². The molecule has 0 fully saturated rings. The topological polar surface area (TPSA) is 65.2 Å². The Kier molecular flexibility index (Phi) is 3.73. The van der Waals surface area contributed by atoms with Crippen LogP contribution >= 0.6 is 0 Å². The van der Waals surface area contributed by atoms with Gasteiger partial charge in [-0.05, 0) is 6.07 Å². The molecule has 0 saturated heterocycles. The molecular formula is C9H7F5N2O2. The Hall–Kier alpha value is -1.93. The van der Waals surface area contributed by atoms with Crippen LogP contribution in [0.5, 0.6) is 0 Å². The number of hydrogen-bond donors (Lipinski definition) is 1. The highest BCUT2D eigenvalue weighted by molar-refractivity contribution is 5.88. The molecule has 0 aliphatic rings. The molecule has 0 amide bonds. The highest BCUT2D eigenvalue weighted by Gasteiger charge is 2.38. The first-order chi connectivity index (χ1) is 8.18. The average molecular weight is 270 g/mol. The minimum Gasteiger partial charge on any atom is -0.464 e. The molecule has 1 rings (SSSR count). The molecule has 0 unspecified atom stereocenters. The van der Waals surface area contributed by atoms with Crippen LogP contribution in [-0.4, -0.2) is 18.1 Å². The van der Waals surface area contributed by atoms with Crippen LogP contribution in [0.1, 0.15) is 28.2 Å². The second-order valence-electron chi connectivity index (χ2n) is 3.15. The summed E-state index contributed by atoms with van der Waals surface area (Å²) in [4.78, 5) is 13.9. The maximum absolute atomic E-state index is 12.5. The Morgan fingerprint density at radius 2 is 2.00 bits per heavy atom. The van der Waals surface area contributed by atoms with Crippen LogP contribution in [0.3, 0.4) is 0 Å². The summed E-state index contributed by atoms with van der Waals surface area (Å²) in [5.74, 6) is -1.26. The number of methoxy groups -OCH3 is 1. The molecule has 9 heteroatoms. The van der Waals surface area contributed by atoms with E-state index in [1.807, 2.05) is 0 Å². The van der Waals surface area contributed by atoms with Gasteiger partial charge in [-0.25, -0.2) is 18.6 Å². The van der Waals surface area contributed by atoms with E-state index in [-0.39, 0.29) is 0 Å². The number of alkyl halides is 5. The van der Waals surface area contributed by atoms with Crippen molar-refractivity contribution < 1.29 is 31.5 Å². The number of aromatic nitrogens is 1. The summed E-state index contributed by atoms with van der Waals surface area (Å²) in [6.45, 7) is 0. The maximum atomic E-state index is 12.5. The van der Waals surface area contributed by atoms with Crippen LogP contribution < -0.4 is 5.73 Å². The first kappa shape index (κ1) is 14.1. The number of carbonyl (C=O) groups is 1. The number of esters is 1. The van der Waals surface area contributed by atoms with Gasteiger partial charge in [0.15, 0.2) is 5.69 Å². The molecule has 0 spiro atoms. The van der Waals surface area contributed by atoms with Crippen molar-refractivity contribution >= 4 is 11.7 Å². The molecule has 0 aliphatic carbocycles. The molecule has 0 bridgehead atoms. The molecule has 1 heterocycles. The quantitative estimate of drug-likeness (QED) is 0.662. The first-order valence-electron chi connectivity index (χ1n) is 4.42. The van der Waals surface area contributed by atoms with Gasteiger partial charge in [-0.2, -0.15) is 13.2 Å². The maximum Gasteiger partial charge on any atom is 0.435 e. The number of rotatable bonds is 2. The Bertz CT molecular complexity index is 473. The molecule has 2 N–H and O–H groups in total. The van der Waals surface area contributed by atoms with E-state index in [9.17, 15) is 26.7 Å². The van der Waals surface area contributed by atoms with Crippen LogP contribution in [-0.2, 0) is 10.9 Å². The molecular weight excluding hydrogens is 263 g/mol. The predicted octanol–water partition coefficient (Wildman–Crippen LogP) is 2.41. The molecule has 1 aromatic heterocycles. The van der Waals surface area contributed by atoms with Crippen molar-refractivity contribution in [3.05, 3.63) is 23.0 Å². The fourth-order valence-corrected chi connectivity index (χ4v) is 1.18.